The quantitative estimate of drug-likeness (QED) is 0.582. The molecule has 0 amide bonds. The molecule has 1 aliphatic heterocycles. The fraction of sp³-hybridized carbons (Fsp3) is 0.333. The molecule has 0 aliphatic carbocycles. The molecule has 1 unspecified atom stereocenters. The summed E-state index contributed by atoms with van der Waals surface area (Å²) >= 11 is 4.72. The van der Waals surface area contributed by atoms with Crippen LogP contribution in [0.4, 0.5) is 8.78 Å². The van der Waals surface area contributed by atoms with Gasteiger partial charge in [0.25, 0.3) is 0 Å². The Kier molecular flexibility index (Phi) is 1.94. The van der Waals surface area contributed by atoms with Crippen LogP contribution in [0.2, 0.25) is 0 Å². The predicted octanol–water partition coefficient (Wildman–Crippen LogP) is 1.66. The highest BCUT2D eigenvalue weighted by Gasteiger charge is 2.34. The number of hydrogen-bond donors (Lipinski definition) is 1. The van der Waals surface area contributed by atoms with Gasteiger partial charge in [-0.3, -0.25) is 0 Å². The van der Waals surface area contributed by atoms with Gasteiger partial charge in [0.2, 0.25) is 0 Å². The van der Waals surface area contributed by atoms with E-state index in [0.717, 1.165) is 0 Å². The minimum Gasteiger partial charge on any atom is -0.378 e. The molecule has 0 aromatic rings. The van der Waals surface area contributed by atoms with Crippen LogP contribution in [0.15, 0.2) is 18.4 Å². The highest BCUT2D eigenvalue weighted by molar-refractivity contribution is 6.22. The van der Waals surface area contributed by atoms with Crippen molar-refractivity contribution < 1.29 is 8.78 Å². The summed E-state index contributed by atoms with van der Waals surface area (Å²) in [4.78, 5) is 0. The first kappa shape index (κ1) is 7.54. The average Bonchev–Trinajstić information content (AvgIpc) is 1.88. The molecule has 1 radical (unpaired) electrons. The Balaban J connectivity index is 2.60. The van der Waals surface area contributed by atoms with Gasteiger partial charge in [-0.1, -0.05) is 12.2 Å². The summed E-state index contributed by atoms with van der Waals surface area (Å²) < 4.78 is 24.4. The number of alkyl halides is 3. The van der Waals surface area contributed by atoms with Crippen molar-refractivity contribution in [1.29, 1.82) is 0 Å². The molecule has 0 fully saturated rings. The van der Waals surface area contributed by atoms with Gasteiger partial charge in [-0.05, 0) is 17.7 Å². The lowest BCUT2D eigenvalue weighted by Crippen LogP contribution is -2.37. The van der Waals surface area contributed by atoms with E-state index in [4.69, 9.17) is 11.6 Å². The van der Waals surface area contributed by atoms with Gasteiger partial charge in [0.1, 0.15) is 6.04 Å². The Morgan fingerprint density at radius 1 is 1.60 bits per heavy atom. The lowest BCUT2D eigenvalue weighted by atomic mass is 10.2. The Morgan fingerprint density at radius 3 is 2.60 bits per heavy atom. The van der Waals surface area contributed by atoms with Crippen molar-refractivity contribution in [3.05, 3.63) is 24.4 Å². The van der Waals surface area contributed by atoms with Gasteiger partial charge in [-0.2, -0.15) is 8.78 Å². The van der Waals surface area contributed by atoms with Crippen LogP contribution in [-0.2, 0) is 0 Å². The van der Waals surface area contributed by atoms with Crippen LogP contribution in [0.1, 0.15) is 0 Å². The predicted molar refractivity (Wildman–Crippen MR) is 34.7 cm³/mol. The number of nitrogens with one attached hydrogen (secondary N) is 1. The standard InChI is InChI=1S/C6H5ClF2N/c7-6(8,9)5-3-1-2-4-10-5/h1,3-5,10H. The third-order valence-corrected chi connectivity index (χ3v) is 1.32. The third-order valence-electron chi connectivity index (χ3n) is 1.08. The van der Waals surface area contributed by atoms with Gasteiger partial charge in [0, 0.05) is 6.20 Å². The van der Waals surface area contributed by atoms with E-state index >= 15 is 0 Å². The molecule has 0 aromatic heterocycles. The van der Waals surface area contributed by atoms with Gasteiger partial charge in [-0.15, -0.1) is 0 Å². The summed E-state index contributed by atoms with van der Waals surface area (Å²) in [6.45, 7) is 0. The van der Waals surface area contributed by atoms with E-state index in [0.29, 0.717) is 0 Å². The van der Waals surface area contributed by atoms with Crippen LogP contribution in [0.5, 0.6) is 0 Å². The molecule has 1 rings (SSSR count). The highest BCUT2D eigenvalue weighted by Crippen LogP contribution is 2.25. The number of hydrogen-bond acceptors (Lipinski definition) is 1. The van der Waals surface area contributed by atoms with Gasteiger partial charge < -0.3 is 5.32 Å². The second-order valence-corrected chi connectivity index (χ2v) is 2.36. The molecule has 0 spiro atoms. The van der Waals surface area contributed by atoms with E-state index in [-0.39, 0.29) is 0 Å². The van der Waals surface area contributed by atoms with E-state index in [1.807, 2.05) is 0 Å². The van der Waals surface area contributed by atoms with Crippen LogP contribution >= 0.6 is 11.6 Å². The fourth-order valence-corrected chi connectivity index (χ4v) is 0.733. The first-order valence-corrected chi connectivity index (χ1v) is 3.05. The van der Waals surface area contributed by atoms with Crippen molar-refractivity contribution in [1.82, 2.24) is 5.32 Å². The summed E-state index contributed by atoms with van der Waals surface area (Å²) in [6, 6.07) is -1.12. The smallest absolute Gasteiger partial charge is 0.344 e. The maximum atomic E-state index is 12.2. The molecule has 10 heavy (non-hydrogen) atoms. The Hall–Kier alpha value is -0.570. The van der Waals surface area contributed by atoms with E-state index < -0.39 is 11.4 Å². The van der Waals surface area contributed by atoms with Crippen molar-refractivity contribution in [3.8, 4) is 0 Å². The number of allylic oxidation sites excluding steroid dienone is 2. The van der Waals surface area contributed by atoms with E-state index in [9.17, 15) is 8.78 Å². The topological polar surface area (TPSA) is 12.0 Å². The monoisotopic (exact) mass is 164 g/mol. The van der Waals surface area contributed by atoms with Gasteiger partial charge in [0.15, 0.2) is 0 Å². The normalized spacial score (nSPS) is 24.5. The zero-order chi connectivity index (χ0) is 7.61. The minimum absolute atomic E-state index is 1.12. The Labute approximate surface area is 62.4 Å². The van der Waals surface area contributed by atoms with Crippen molar-refractivity contribution in [2.24, 2.45) is 0 Å². The molecule has 1 aliphatic rings. The van der Waals surface area contributed by atoms with Crippen LogP contribution in [0.25, 0.3) is 0 Å². The second kappa shape index (κ2) is 2.58. The number of dihydropyridines is 1. The zero-order valence-electron chi connectivity index (χ0n) is 4.94. The van der Waals surface area contributed by atoms with Crippen LogP contribution in [0.3, 0.4) is 0 Å². The molecule has 1 atom stereocenters. The minimum atomic E-state index is -3.23. The molecule has 55 valence electrons. The largest absolute Gasteiger partial charge is 0.378 e. The molecule has 0 saturated heterocycles. The van der Waals surface area contributed by atoms with Gasteiger partial charge in [-0.25, -0.2) is 0 Å². The van der Waals surface area contributed by atoms with E-state index in [1.165, 1.54) is 18.4 Å². The summed E-state index contributed by atoms with van der Waals surface area (Å²) in [7, 11) is 0. The van der Waals surface area contributed by atoms with Crippen LogP contribution < -0.4 is 5.32 Å². The fourth-order valence-electron chi connectivity index (χ4n) is 0.597. The number of halogens is 3. The Morgan fingerprint density at radius 2 is 2.30 bits per heavy atom. The molecule has 1 N–H and O–H groups in total. The van der Waals surface area contributed by atoms with Crippen LogP contribution in [0, 0.1) is 6.08 Å². The highest BCUT2D eigenvalue weighted by atomic mass is 35.5. The van der Waals surface area contributed by atoms with E-state index in [1.54, 1.807) is 0 Å². The third kappa shape index (κ3) is 1.70. The summed E-state index contributed by atoms with van der Waals surface area (Å²) in [5.74, 6) is 0. The maximum absolute atomic E-state index is 12.2. The number of rotatable bonds is 1. The summed E-state index contributed by atoms with van der Waals surface area (Å²) in [5.41, 5.74) is 0. The average molecular weight is 165 g/mol. The van der Waals surface area contributed by atoms with Gasteiger partial charge >= 0.3 is 5.38 Å². The van der Waals surface area contributed by atoms with Crippen molar-refractivity contribution in [2.75, 3.05) is 0 Å². The maximum Gasteiger partial charge on any atom is 0.344 e. The zero-order valence-corrected chi connectivity index (χ0v) is 5.70. The molecule has 0 bridgehead atoms. The summed E-state index contributed by atoms with van der Waals surface area (Å²) in [5, 5.41) is -0.873. The first-order chi connectivity index (χ1) is 4.61. The lowest BCUT2D eigenvalue weighted by Gasteiger charge is -2.19. The molecule has 0 saturated carbocycles. The second-order valence-electron chi connectivity index (χ2n) is 1.86. The molecular formula is C6H5ClF2N. The van der Waals surface area contributed by atoms with Crippen LogP contribution in [-0.4, -0.2) is 11.4 Å². The SMILES string of the molecule is FC(F)(Cl)C1C=C[C]=CN1. The molecular weight excluding hydrogens is 160 g/mol. The molecule has 4 heteroatoms. The van der Waals surface area contributed by atoms with E-state index in [2.05, 4.69) is 11.4 Å². The molecule has 1 nitrogen and oxygen atoms in total. The lowest BCUT2D eigenvalue weighted by molar-refractivity contribution is 0.0725. The summed E-state index contributed by atoms with van der Waals surface area (Å²) in [6.07, 6.45) is 6.54. The Bertz CT molecular complexity index is 171. The van der Waals surface area contributed by atoms with Crippen molar-refractivity contribution in [2.45, 2.75) is 11.4 Å². The molecule has 0 aromatic carbocycles. The van der Waals surface area contributed by atoms with Gasteiger partial charge in [0.05, 0.1) is 0 Å². The van der Waals surface area contributed by atoms with Crippen molar-refractivity contribution in [3.63, 3.8) is 0 Å². The molecule has 1 heterocycles. The first-order valence-electron chi connectivity index (χ1n) is 2.68. The van der Waals surface area contributed by atoms with Crippen molar-refractivity contribution >= 4 is 11.6 Å².